The summed E-state index contributed by atoms with van der Waals surface area (Å²) in [5, 5.41) is 0. The molecule has 0 nitrogen and oxygen atoms in total. The van der Waals surface area contributed by atoms with Gasteiger partial charge < -0.3 is 0 Å². The summed E-state index contributed by atoms with van der Waals surface area (Å²) in [5.74, 6) is 0.436. The van der Waals surface area contributed by atoms with Gasteiger partial charge in [-0.15, -0.1) is 6.58 Å². The molecule has 3 aromatic carbocycles. The normalized spacial score (nSPS) is 20.4. The summed E-state index contributed by atoms with van der Waals surface area (Å²) >= 11 is 0. The monoisotopic (exact) mass is 598 g/mol. The molecule has 1 unspecified atom stereocenters. The standard InChI is InChI=1S/C41H49F3/c1-3-5-6-7-8-9-10-11-35-24-27-38(41(44)40(35)43)34-22-20-33(21-23-34)37-26-25-36(28-39(37)42)32-18-16-31(17-19-32)30-14-12-29(4-2)13-15-30/h4,18,20-31H,2-3,5-17,19H2,1H3. The molecule has 3 aromatic rings. The van der Waals surface area contributed by atoms with Crippen LogP contribution in [0.1, 0.15) is 108 Å². The molecule has 0 N–H and O–H groups in total. The van der Waals surface area contributed by atoms with E-state index in [2.05, 4.69) is 25.7 Å². The molecule has 0 amide bonds. The zero-order valence-corrected chi connectivity index (χ0v) is 26.5. The predicted molar refractivity (Wildman–Crippen MR) is 180 cm³/mol. The van der Waals surface area contributed by atoms with Crippen LogP contribution in [-0.4, -0.2) is 0 Å². The number of aryl methyl sites for hydroxylation is 1. The molecule has 0 heterocycles. The van der Waals surface area contributed by atoms with Crippen LogP contribution in [0, 0.1) is 35.2 Å². The Bertz CT molecular complexity index is 1410. The van der Waals surface area contributed by atoms with Crippen LogP contribution in [-0.2, 0) is 6.42 Å². The van der Waals surface area contributed by atoms with Crippen molar-refractivity contribution in [2.75, 3.05) is 0 Å². The van der Waals surface area contributed by atoms with Gasteiger partial charge in [-0.05, 0) is 109 Å². The molecule has 0 aromatic heterocycles. The van der Waals surface area contributed by atoms with Gasteiger partial charge in [0.1, 0.15) is 5.82 Å². The Morgan fingerprint density at radius 2 is 1.32 bits per heavy atom. The Labute approximate surface area is 263 Å². The lowest BCUT2D eigenvalue weighted by Crippen LogP contribution is -2.22. The Morgan fingerprint density at radius 3 is 1.95 bits per heavy atom. The summed E-state index contributed by atoms with van der Waals surface area (Å²) in [4.78, 5) is 0. The first kappa shape index (κ1) is 32.3. The van der Waals surface area contributed by atoms with Crippen LogP contribution in [0.2, 0.25) is 0 Å². The Balaban J connectivity index is 1.19. The van der Waals surface area contributed by atoms with Gasteiger partial charge in [0.15, 0.2) is 11.6 Å². The van der Waals surface area contributed by atoms with Crippen molar-refractivity contribution in [3.8, 4) is 22.3 Å². The summed E-state index contributed by atoms with van der Waals surface area (Å²) in [6, 6.07) is 16.0. The third kappa shape index (κ3) is 7.95. The molecular formula is C41H49F3. The van der Waals surface area contributed by atoms with Crippen LogP contribution in [0.15, 0.2) is 73.3 Å². The maximum absolute atomic E-state index is 15.4. The van der Waals surface area contributed by atoms with E-state index in [9.17, 15) is 4.39 Å². The molecule has 0 saturated heterocycles. The number of benzene rings is 3. The van der Waals surface area contributed by atoms with Crippen molar-refractivity contribution >= 4 is 5.57 Å². The van der Waals surface area contributed by atoms with Crippen molar-refractivity contribution < 1.29 is 13.2 Å². The van der Waals surface area contributed by atoms with Crippen molar-refractivity contribution in [1.29, 1.82) is 0 Å². The van der Waals surface area contributed by atoms with E-state index in [1.807, 2.05) is 12.1 Å². The zero-order valence-electron chi connectivity index (χ0n) is 26.5. The largest absolute Gasteiger partial charge is 0.206 e. The maximum atomic E-state index is 15.4. The third-order valence-corrected chi connectivity index (χ3v) is 10.3. The quantitative estimate of drug-likeness (QED) is 0.136. The van der Waals surface area contributed by atoms with Crippen molar-refractivity contribution in [1.82, 2.24) is 0 Å². The summed E-state index contributed by atoms with van der Waals surface area (Å²) < 4.78 is 45.4. The highest BCUT2D eigenvalue weighted by molar-refractivity contribution is 5.74. The molecule has 1 atom stereocenters. The number of hydrogen-bond donors (Lipinski definition) is 0. The molecule has 1 fully saturated rings. The van der Waals surface area contributed by atoms with Gasteiger partial charge in [-0.1, -0.05) is 106 Å². The van der Waals surface area contributed by atoms with Gasteiger partial charge in [-0.3, -0.25) is 0 Å². The van der Waals surface area contributed by atoms with Gasteiger partial charge in [-0.25, -0.2) is 13.2 Å². The fourth-order valence-electron chi connectivity index (χ4n) is 7.45. The summed E-state index contributed by atoms with van der Waals surface area (Å²) in [6.45, 7) is 6.17. The molecule has 0 spiro atoms. The van der Waals surface area contributed by atoms with Gasteiger partial charge in [-0.2, -0.15) is 0 Å². The summed E-state index contributed by atoms with van der Waals surface area (Å²) in [5.41, 5.74) is 4.72. The minimum Gasteiger partial charge on any atom is -0.206 e. The molecule has 0 bridgehead atoms. The van der Waals surface area contributed by atoms with Crippen LogP contribution in [0.5, 0.6) is 0 Å². The van der Waals surface area contributed by atoms with Crippen LogP contribution < -0.4 is 0 Å². The van der Waals surface area contributed by atoms with E-state index >= 15 is 8.78 Å². The van der Waals surface area contributed by atoms with Gasteiger partial charge in [0.2, 0.25) is 0 Å². The molecule has 44 heavy (non-hydrogen) atoms. The topological polar surface area (TPSA) is 0 Å². The van der Waals surface area contributed by atoms with E-state index < -0.39 is 11.6 Å². The van der Waals surface area contributed by atoms with Gasteiger partial charge >= 0.3 is 0 Å². The lowest BCUT2D eigenvalue weighted by atomic mass is 9.71. The zero-order chi connectivity index (χ0) is 30.9. The van der Waals surface area contributed by atoms with Crippen molar-refractivity contribution in [2.45, 2.75) is 103 Å². The van der Waals surface area contributed by atoms with E-state index in [1.165, 1.54) is 63.4 Å². The van der Waals surface area contributed by atoms with Gasteiger partial charge in [0, 0.05) is 11.1 Å². The molecule has 2 aliphatic carbocycles. The van der Waals surface area contributed by atoms with Crippen molar-refractivity contribution in [2.24, 2.45) is 17.8 Å². The van der Waals surface area contributed by atoms with Gasteiger partial charge in [0.25, 0.3) is 0 Å². The Kier molecular flexibility index (Phi) is 11.6. The van der Waals surface area contributed by atoms with Crippen LogP contribution in [0.3, 0.4) is 0 Å². The van der Waals surface area contributed by atoms with E-state index in [-0.39, 0.29) is 11.4 Å². The molecule has 3 heteroatoms. The first-order valence-electron chi connectivity index (χ1n) is 17.2. The molecule has 2 aliphatic rings. The first-order chi connectivity index (χ1) is 21.5. The Morgan fingerprint density at radius 1 is 0.682 bits per heavy atom. The van der Waals surface area contributed by atoms with Crippen molar-refractivity contribution in [3.05, 3.63) is 102 Å². The fraction of sp³-hybridized carbons (Fsp3) is 0.463. The average Bonchev–Trinajstić information content (AvgIpc) is 3.06. The van der Waals surface area contributed by atoms with E-state index in [0.717, 1.165) is 55.1 Å². The lowest BCUT2D eigenvalue weighted by Gasteiger charge is -2.34. The fourth-order valence-corrected chi connectivity index (χ4v) is 7.45. The van der Waals surface area contributed by atoms with Crippen molar-refractivity contribution in [3.63, 3.8) is 0 Å². The molecule has 1 saturated carbocycles. The number of rotatable bonds is 13. The highest BCUT2D eigenvalue weighted by Gasteiger charge is 2.28. The second-order valence-corrected chi connectivity index (χ2v) is 13.2. The summed E-state index contributed by atoms with van der Waals surface area (Å²) in [6.07, 6.45) is 21.4. The second-order valence-electron chi connectivity index (χ2n) is 13.2. The van der Waals surface area contributed by atoms with Crippen LogP contribution >= 0.6 is 0 Å². The van der Waals surface area contributed by atoms with Gasteiger partial charge in [0.05, 0.1) is 0 Å². The molecule has 0 radical (unpaired) electrons. The van der Waals surface area contributed by atoms with E-state index in [1.54, 1.807) is 42.5 Å². The summed E-state index contributed by atoms with van der Waals surface area (Å²) in [7, 11) is 0. The number of allylic oxidation sites excluding steroid dienone is 3. The Hall–Kier alpha value is -3.07. The number of halogens is 3. The molecule has 5 rings (SSSR count). The maximum Gasteiger partial charge on any atom is 0.166 e. The second kappa shape index (κ2) is 15.8. The first-order valence-corrected chi connectivity index (χ1v) is 17.2. The predicted octanol–water partition coefficient (Wildman–Crippen LogP) is 12.9. The average molecular weight is 599 g/mol. The SMILES string of the molecule is C=CC1CCC(C2CC=C(c3ccc(-c4ccc(-c5ccc(CCCCCCCCC)c(F)c5F)cc4)c(F)c3)CC2)CC1. The molecule has 0 aliphatic heterocycles. The smallest absolute Gasteiger partial charge is 0.166 e. The minimum absolute atomic E-state index is 0.240. The number of unbranched alkanes of at least 4 members (excludes halogenated alkanes) is 6. The minimum atomic E-state index is -0.804. The molecular weight excluding hydrogens is 549 g/mol. The van der Waals surface area contributed by atoms with E-state index in [4.69, 9.17) is 0 Å². The van der Waals surface area contributed by atoms with Crippen LogP contribution in [0.25, 0.3) is 27.8 Å². The highest BCUT2D eigenvalue weighted by Crippen LogP contribution is 2.42. The lowest BCUT2D eigenvalue weighted by molar-refractivity contribution is 0.212. The number of hydrogen-bond acceptors (Lipinski definition) is 0. The molecule has 234 valence electrons. The van der Waals surface area contributed by atoms with E-state index in [0.29, 0.717) is 29.0 Å². The third-order valence-electron chi connectivity index (χ3n) is 10.3. The van der Waals surface area contributed by atoms with Crippen LogP contribution in [0.4, 0.5) is 13.2 Å². The highest BCUT2D eigenvalue weighted by atomic mass is 19.2.